The Balaban J connectivity index is 4.61. The van der Waals surface area contributed by atoms with E-state index in [0.29, 0.717) is 0 Å². The van der Waals surface area contributed by atoms with E-state index < -0.39 is 23.5 Å². The van der Waals surface area contributed by atoms with Crippen LogP contribution < -0.4 is 11.5 Å². The van der Waals surface area contributed by atoms with E-state index in [2.05, 4.69) is 6.58 Å². The average molecular weight is 184 g/mol. The molecule has 0 radical (unpaired) electrons. The minimum atomic E-state index is -1.17. The maximum atomic E-state index is 11.2. The summed E-state index contributed by atoms with van der Waals surface area (Å²) in [6.45, 7) is 4.80. The molecule has 0 rings (SSSR count). The van der Waals surface area contributed by atoms with E-state index in [4.69, 9.17) is 11.5 Å². The second-order valence-corrected chi connectivity index (χ2v) is 2.77. The quantitative estimate of drug-likeness (QED) is 0.427. The lowest BCUT2D eigenvalue weighted by Gasteiger charge is -2.09. The maximum Gasteiger partial charge on any atom is 0.228 e. The number of hydrogen-bond donors (Lipinski definition) is 2. The standard InChI is InChI=1S/C8H12N2O3/c1-4(2)7(12)5(8(10)13)3-6(9)11/h5H,1,3H2,2H3,(H2,9,11)(H2,10,13). The Morgan fingerprint density at radius 3 is 2.00 bits per heavy atom. The largest absolute Gasteiger partial charge is 0.370 e. The Hall–Kier alpha value is -1.65. The fraction of sp³-hybridized carbons (Fsp3) is 0.375. The Labute approximate surface area is 75.8 Å². The van der Waals surface area contributed by atoms with E-state index in [0.717, 1.165) is 0 Å². The van der Waals surface area contributed by atoms with Crippen molar-refractivity contribution >= 4 is 17.6 Å². The fourth-order valence-electron chi connectivity index (χ4n) is 0.821. The molecule has 0 saturated carbocycles. The lowest BCUT2D eigenvalue weighted by molar-refractivity contribution is -0.134. The molecule has 0 aromatic carbocycles. The molecule has 1 atom stereocenters. The van der Waals surface area contributed by atoms with Gasteiger partial charge >= 0.3 is 0 Å². The monoisotopic (exact) mass is 184 g/mol. The third kappa shape index (κ3) is 3.50. The number of allylic oxidation sites excluding steroid dienone is 1. The Morgan fingerprint density at radius 2 is 1.77 bits per heavy atom. The lowest BCUT2D eigenvalue weighted by atomic mass is 9.95. The summed E-state index contributed by atoms with van der Waals surface area (Å²) in [5, 5.41) is 0. The number of primary amides is 2. The molecule has 5 nitrogen and oxygen atoms in total. The van der Waals surface area contributed by atoms with Gasteiger partial charge in [-0.3, -0.25) is 14.4 Å². The summed E-state index contributed by atoms with van der Waals surface area (Å²) in [5.74, 6) is -3.30. The number of carbonyl (C=O) groups excluding carboxylic acids is 3. The van der Waals surface area contributed by atoms with Crippen molar-refractivity contribution in [2.75, 3.05) is 0 Å². The molecule has 72 valence electrons. The summed E-state index contributed by atoms with van der Waals surface area (Å²) in [6.07, 6.45) is -0.360. The van der Waals surface area contributed by atoms with Gasteiger partial charge in [0.2, 0.25) is 11.8 Å². The zero-order valence-corrected chi connectivity index (χ0v) is 7.37. The highest BCUT2D eigenvalue weighted by Gasteiger charge is 2.26. The van der Waals surface area contributed by atoms with E-state index in [9.17, 15) is 14.4 Å². The van der Waals surface area contributed by atoms with Gasteiger partial charge in [0.1, 0.15) is 5.92 Å². The molecule has 0 aliphatic rings. The minimum Gasteiger partial charge on any atom is -0.370 e. The van der Waals surface area contributed by atoms with Crippen LogP contribution in [0.1, 0.15) is 13.3 Å². The van der Waals surface area contributed by atoms with Gasteiger partial charge in [0, 0.05) is 6.42 Å². The van der Waals surface area contributed by atoms with Crippen molar-refractivity contribution in [3.8, 4) is 0 Å². The molecule has 0 fully saturated rings. The zero-order chi connectivity index (χ0) is 10.6. The van der Waals surface area contributed by atoms with Crippen molar-refractivity contribution in [3.63, 3.8) is 0 Å². The average Bonchev–Trinajstić information content (AvgIpc) is 1.97. The predicted molar refractivity (Wildman–Crippen MR) is 46.3 cm³/mol. The fourth-order valence-corrected chi connectivity index (χ4v) is 0.821. The molecule has 2 amide bonds. The van der Waals surface area contributed by atoms with Crippen LogP contribution in [0.3, 0.4) is 0 Å². The van der Waals surface area contributed by atoms with Gasteiger partial charge in [-0.15, -0.1) is 0 Å². The Kier molecular flexibility index (Phi) is 3.84. The van der Waals surface area contributed by atoms with Gasteiger partial charge in [-0.1, -0.05) is 6.58 Å². The zero-order valence-electron chi connectivity index (χ0n) is 7.37. The number of ketones is 1. The van der Waals surface area contributed by atoms with Crippen molar-refractivity contribution < 1.29 is 14.4 Å². The summed E-state index contributed by atoms with van der Waals surface area (Å²) in [6, 6.07) is 0. The lowest BCUT2D eigenvalue weighted by Crippen LogP contribution is -2.34. The molecule has 5 heteroatoms. The van der Waals surface area contributed by atoms with Gasteiger partial charge in [0.25, 0.3) is 0 Å². The van der Waals surface area contributed by atoms with E-state index in [-0.39, 0.29) is 12.0 Å². The summed E-state index contributed by atoms with van der Waals surface area (Å²) >= 11 is 0. The molecule has 0 aromatic heterocycles. The summed E-state index contributed by atoms with van der Waals surface area (Å²) in [7, 11) is 0. The molecule has 0 aromatic rings. The Morgan fingerprint density at radius 1 is 1.31 bits per heavy atom. The molecule has 4 N–H and O–H groups in total. The molecule has 13 heavy (non-hydrogen) atoms. The van der Waals surface area contributed by atoms with Crippen molar-refractivity contribution in [1.29, 1.82) is 0 Å². The summed E-state index contributed by atoms with van der Waals surface area (Å²) in [4.78, 5) is 32.4. The second-order valence-electron chi connectivity index (χ2n) is 2.77. The van der Waals surface area contributed by atoms with Crippen LogP contribution in [-0.2, 0) is 14.4 Å². The molecule has 1 unspecified atom stereocenters. The third-order valence-electron chi connectivity index (χ3n) is 1.49. The predicted octanol–water partition coefficient (Wildman–Crippen LogP) is -0.891. The number of nitrogens with two attached hydrogens (primary N) is 2. The topological polar surface area (TPSA) is 103 Å². The molecule has 0 heterocycles. The van der Waals surface area contributed by atoms with Crippen LogP contribution >= 0.6 is 0 Å². The first-order valence-electron chi connectivity index (χ1n) is 3.63. The normalized spacial score (nSPS) is 11.8. The van der Waals surface area contributed by atoms with Crippen LogP contribution in [0.5, 0.6) is 0 Å². The van der Waals surface area contributed by atoms with Crippen LogP contribution in [0.25, 0.3) is 0 Å². The van der Waals surface area contributed by atoms with Crippen LogP contribution in [0.2, 0.25) is 0 Å². The van der Waals surface area contributed by atoms with Crippen molar-refractivity contribution in [1.82, 2.24) is 0 Å². The number of rotatable bonds is 5. The molecule has 0 spiro atoms. The van der Waals surface area contributed by atoms with Crippen LogP contribution in [-0.4, -0.2) is 17.6 Å². The number of carbonyl (C=O) groups is 3. The van der Waals surface area contributed by atoms with Gasteiger partial charge in [0.15, 0.2) is 5.78 Å². The van der Waals surface area contributed by atoms with Crippen molar-refractivity contribution in [3.05, 3.63) is 12.2 Å². The highest BCUT2D eigenvalue weighted by atomic mass is 16.2. The minimum absolute atomic E-state index is 0.185. The van der Waals surface area contributed by atoms with E-state index in [1.807, 2.05) is 0 Å². The molecular formula is C8H12N2O3. The molecule has 0 aliphatic heterocycles. The Bertz CT molecular complexity index is 271. The molecule has 0 aliphatic carbocycles. The second kappa shape index (κ2) is 4.39. The summed E-state index contributed by atoms with van der Waals surface area (Å²) in [5.41, 5.74) is 9.94. The van der Waals surface area contributed by atoms with Gasteiger partial charge in [-0.25, -0.2) is 0 Å². The molecule has 0 bridgehead atoms. The first-order valence-corrected chi connectivity index (χ1v) is 3.63. The summed E-state index contributed by atoms with van der Waals surface area (Å²) < 4.78 is 0. The van der Waals surface area contributed by atoms with Crippen LogP contribution in [0.15, 0.2) is 12.2 Å². The highest BCUT2D eigenvalue weighted by Crippen LogP contribution is 2.08. The van der Waals surface area contributed by atoms with E-state index in [1.54, 1.807) is 0 Å². The number of amides is 2. The van der Waals surface area contributed by atoms with Gasteiger partial charge in [-0.2, -0.15) is 0 Å². The molecular weight excluding hydrogens is 172 g/mol. The van der Waals surface area contributed by atoms with Gasteiger partial charge < -0.3 is 11.5 Å². The van der Waals surface area contributed by atoms with Gasteiger partial charge in [-0.05, 0) is 12.5 Å². The first kappa shape index (κ1) is 11.4. The molecule has 0 saturated heterocycles. The van der Waals surface area contributed by atoms with E-state index >= 15 is 0 Å². The first-order chi connectivity index (χ1) is 5.86. The van der Waals surface area contributed by atoms with Crippen molar-refractivity contribution in [2.45, 2.75) is 13.3 Å². The van der Waals surface area contributed by atoms with E-state index in [1.165, 1.54) is 6.92 Å². The van der Waals surface area contributed by atoms with Gasteiger partial charge in [0.05, 0.1) is 0 Å². The number of hydrogen-bond acceptors (Lipinski definition) is 3. The number of Topliss-reactive ketones (excluding diaryl/α,β-unsaturated/α-hetero) is 1. The SMILES string of the molecule is C=C(C)C(=O)C(CC(N)=O)C(N)=O. The maximum absolute atomic E-state index is 11.2. The highest BCUT2D eigenvalue weighted by molar-refractivity contribution is 6.10. The van der Waals surface area contributed by atoms with Crippen LogP contribution in [0.4, 0.5) is 0 Å². The van der Waals surface area contributed by atoms with Crippen molar-refractivity contribution in [2.24, 2.45) is 17.4 Å². The smallest absolute Gasteiger partial charge is 0.228 e. The third-order valence-corrected chi connectivity index (χ3v) is 1.49. The van der Waals surface area contributed by atoms with Crippen LogP contribution in [0, 0.1) is 5.92 Å².